The van der Waals surface area contributed by atoms with Gasteiger partial charge in [0, 0.05) is 6.20 Å². The first kappa shape index (κ1) is 21.0. The Morgan fingerprint density at radius 3 is 2.52 bits per heavy atom. The van der Waals surface area contributed by atoms with Crippen LogP contribution in [0, 0.1) is 5.92 Å². The molecule has 0 aliphatic carbocycles. The highest BCUT2D eigenvalue weighted by Crippen LogP contribution is 2.20. The van der Waals surface area contributed by atoms with Crippen molar-refractivity contribution in [1.82, 2.24) is 24.6 Å². The van der Waals surface area contributed by atoms with Gasteiger partial charge < -0.3 is 5.32 Å². The normalized spacial score (nSPS) is 13.0. The van der Waals surface area contributed by atoms with Gasteiger partial charge in [-0.25, -0.2) is 8.42 Å². The van der Waals surface area contributed by atoms with E-state index in [1.54, 1.807) is 42.6 Å². The highest BCUT2D eigenvalue weighted by molar-refractivity contribution is 7.89. The van der Waals surface area contributed by atoms with Crippen LogP contribution < -0.4 is 10.0 Å². The maximum absolute atomic E-state index is 13.0. The molecule has 2 aromatic carbocycles. The molecular weight excluding hydrogens is 414 g/mol. The molecule has 4 rings (SSSR count). The fourth-order valence-electron chi connectivity index (χ4n) is 3.35. The van der Waals surface area contributed by atoms with E-state index in [1.165, 1.54) is 0 Å². The summed E-state index contributed by atoms with van der Waals surface area (Å²) in [7, 11) is -3.89. The Morgan fingerprint density at radius 1 is 1.00 bits per heavy atom. The molecule has 0 saturated heterocycles. The molecule has 2 N–H and O–H groups in total. The van der Waals surface area contributed by atoms with Crippen LogP contribution in [-0.2, 0) is 21.4 Å². The van der Waals surface area contributed by atoms with Crippen LogP contribution in [-0.4, -0.2) is 35.0 Å². The number of nitrogens with zero attached hydrogens (tertiary/aromatic N) is 3. The lowest BCUT2D eigenvalue weighted by Gasteiger charge is -2.21. The average Bonchev–Trinajstić information content (AvgIpc) is 3.18. The molecule has 160 valence electrons. The molecule has 9 heteroatoms. The Bertz CT molecular complexity index is 1350. The quantitative estimate of drug-likeness (QED) is 0.462. The van der Waals surface area contributed by atoms with Crippen LogP contribution in [0.5, 0.6) is 0 Å². The second-order valence-corrected chi connectivity index (χ2v) is 9.33. The number of pyridine rings is 1. The van der Waals surface area contributed by atoms with Crippen molar-refractivity contribution >= 4 is 32.4 Å². The molecule has 1 amide bonds. The first-order chi connectivity index (χ1) is 14.8. The molecule has 1 atom stereocenters. The Morgan fingerprint density at radius 2 is 1.74 bits per heavy atom. The zero-order valence-electron chi connectivity index (χ0n) is 17.2. The van der Waals surface area contributed by atoms with Crippen molar-refractivity contribution in [2.24, 2.45) is 5.92 Å². The lowest BCUT2D eigenvalue weighted by molar-refractivity contribution is -0.123. The SMILES string of the molecule is CC(C)[C@@H](NS(=O)(=O)c1ccc2ccccc2c1)C(=O)NCc1nnc2ccccn12. The third-order valence-electron chi connectivity index (χ3n) is 5.07. The molecule has 0 aliphatic rings. The highest BCUT2D eigenvalue weighted by atomic mass is 32.2. The van der Waals surface area contributed by atoms with Crippen LogP contribution >= 0.6 is 0 Å². The second kappa shape index (κ2) is 8.44. The van der Waals surface area contributed by atoms with Gasteiger partial charge >= 0.3 is 0 Å². The molecule has 0 bridgehead atoms. The van der Waals surface area contributed by atoms with Crippen molar-refractivity contribution in [2.45, 2.75) is 31.3 Å². The number of nitrogens with one attached hydrogen (secondary N) is 2. The zero-order chi connectivity index (χ0) is 22.0. The minimum atomic E-state index is -3.89. The van der Waals surface area contributed by atoms with E-state index < -0.39 is 22.0 Å². The van der Waals surface area contributed by atoms with Crippen molar-refractivity contribution in [3.63, 3.8) is 0 Å². The number of amides is 1. The summed E-state index contributed by atoms with van der Waals surface area (Å²) in [5, 5.41) is 12.7. The first-order valence-electron chi connectivity index (χ1n) is 9.92. The summed E-state index contributed by atoms with van der Waals surface area (Å²) < 4.78 is 30.3. The van der Waals surface area contributed by atoms with Gasteiger partial charge in [0.25, 0.3) is 0 Å². The second-order valence-electron chi connectivity index (χ2n) is 7.61. The number of rotatable bonds is 7. The van der Waals surface area contributed by atoms with E-state index in [-0.39, 0.29) is 17.4 Å². The van der Waals surface area contributed by atoms with E-state index in [0.717, 1.165) is 10.8 Å². The Kier molecular flexibility index (Phi) is 5.71. The highest BCUT2D eigenvalue weighted by Gasteiger charge is 2.28. The lowest BCUT2D eigenvalue weighted by Crippen LogP contribution is -2.49. The van der Waals surface area contributed by atoms with Crippen molar-refractivity contribution in [2.75, 3.05) is 0 Å². The van der Waals surface area contributed by atoms with E-state index >= 15 is 0 Å². The molecule has 0 unspecified atom stereocenters. The summed E-state index contributed by atoms with van der Waals surface area (Å²) in [5.41, 5.74) is 0.671. The van der Waals surface area contributed by atoms with Gasteiger partial charge in [-0.05, 0) is 41.0 Å². The number of fused-ring (bicyclic) bond motifs is 2. The number of hydrogen-bond acceptors (Lipinski definition) is 5. The molecule has 0 fully saturated rings. The summed E-state index contributed by atoms with van der Waals surface area (Å²) in [6.07, 6.45) is 1.80. The average molecular weight is 438 g/mol. The molecule has 31 heavy (non-hydrogen) atoms. The van der Waals surface area contributed by atoms with E-state index in [1.807, 2.05) is 42.5 Å². The third kappa shape index (κ3) is 4.42. The zero-order valence-corrected chi connectivity index (χ0v) is 18.0. The van der Waals surface area contributed by atoms with Crippen LogP contribution in [0.1, 0.15) is 19.7 Å². The van der Waals surface area contributed by atoms with Crippen LogP contribution in [0.25, 0.3) is 16.4 Å². The summed E-state index contributed by atoms with van der Waals surface area (Å²) in [6.45, 7) is 3.71. The molecule has 0 aliphatic heterocycles. The largest absolute Gasteiger partial charge is 0.347 e. The minimum Gasteiger partial charge on any atom is -0.347 e. The number of aromatic nitrogens is 3. The molecule has 0 saturated carbocycles. The van der Waals surface area contributed by atoms with Crippen LogP contribution in [0.3, 0.4) is 0 Å². The molecule has 0 spiro atoms. The molecular formula is C22H23N5O3S. The van der Waals surface area contributed by atoms with Gasteiger partial charge in [0.1, 0.15) is 6.04 Å². The monoisotopic (exact) mass is 437 g/mol. The lowest BCUT2D eigenvalue weighted by atomic mass is 10.1. The van der Waals surface area contributed by atoms with E-state index in [4.69, 9.17) is 0 Å². The summed E-state index contributed by atoms with van der Waals surface area (Å²) in [6, 6.07) is 17.0. The van der Waals surface area contributed by atoms with E-state index in [2.05, 4.69) is 20.2 Å². The van der Waals surface area contributed by atoms with Crippen molar-refractivity contribution in [3.05, 3.63) is 72.7 Å². The van der Waals surface area contributed by atoms with E-state index in [0.29, 0.717) is 11.5 Å². The summed E-state index contributed by atoms with van der Waals surface area (Å²) in [5.74, 6) is -0.124. The number of benzene rings is 2. The maximum Gasteiger partial charge on any atom is 0.241 e. The molecule has 2 aromatic heterocycles. The van der Waals surface area contributed by atoms with Gasteiger partial charge in [-0.15, -0.1) is 10.2 Å². The van der Waals surface area contributed by atoms with Crippen molar-refractivity contribution in [1.29, 1.82) is 0 Å². The number of sulfonamides is 1. The van der Waals surface area contributed by atoms with Gasteiger partial charge in [0.05, 0.1) is 11.4 Å². The Balaban J connectivity index is 1.51. The van der Waals surface area contributed by atoms with Crippen LogP contribution in [0.2, 0.25) is 0 Å². The van der Waals surface area contributed by atoms with Gasteiger partial charge in [-0.1, -0.05) is 50.2 Å². The third-order valence-corrected chi connectivity index (χ3v) is 6.51. The van der Waals surface area contributed by atoms with Gasteiger partial charge in [0.2, 0.25) is 15.9 Å². The fraction of sp³-hybridized carbons (Fsp3) is 0.227. The number of carbonyl (C=O) groups excluding carboxylic acids is 1. The Labute approximate surface area is 180 Å². The predicted octanol–water partition coefficient (Wildman–Crippen LogP) is 2.50. The predicted molar refractivity (Wildman–Crippen MR) is 118 cm³/mol. The summed E-state index contributed by atoms with van der Waals surface area (Å²) >= 11 is 0. The number of hydrogen-bond donors (Lipinski definition) is 2. The fourth-order valence-corrected chi connectivity index (χ4v) is 4.73. The van der Waals surface area contributed by atoms with Gasteiger partial charge in [-0.3, -0.25) is 9.20 Å². The molecule has 4 aromatic rings. The first-order valence-corrected chi connectivity index (χ1v) is 11.4. The Hall–Kier alpha value is -3.30. The number of carbonyl (C=O) groups is 1. The topological polar surface area (TPSA) is 105 Å². The standard InChI is InChI=1S/C22H23N5O3S/c1-15(2)21(22(28)23-14-20-25-24-19-9-5-6-12-27(19)20)26-31(29,30)18-11-10-16-7-3-4-8-17(16)13-18/h3-13,15,21,26H,14H2,1-2H3,(H,23,28)/t21-/m1/s1. The van der Waals surface area contributed by atoms with E-state index in [9.17, 15) is 13.2 Å². The van der Waals surface area contributed by atoms with Crippen LogP contribution in [0.15, 0.2) is 71.8 Å². The molecule has 2 heterocycles. The minimum absolute atomic E-state index is 0.119. The molecule has 8 nitrogen and oxygen atoms in total. The van der Waals surface area contributed by atoms with Gasteiger partial charge in [-0.2, -0.15) is 4.72 Å². The van der Waals surface area contributed by atoms with Crippen molar-refractivity contribution < 1.29 is 13.2 Å². The smallest absolute Gasteiger partial charge is 0.241 e. The summed E-state index contributed by atoms with van der Waals surface area (Å²) in [4.78, 5) is 13.0. The van der Waals surface area contributed by atoms with Crippen LogP contribution in [0.4, 0.5) is 0 Å². The van der Waals surface area contributed by atoms with Crippen molar-refractivity contribution in [3.8, 4) is 0 Å². The van der Waals surface area contributed by atoms with Gasteiger partial charge in [0.15, 0.2) is 11.5 Å². The molecule has 0 radical (unpaired) electrons. The maximum atomic E-state index is 13.0.